The van der Waals surface area contributed by atoms with Crippen LogP contribution in [-0.2, 0) is 33.7 Å². The third-order valence-electron chi connectivity index (χ3n) is 7.43. The van der Waals surface area contributed by atoms with Crippen molar-refractivity contribution in [3.8, 4) is 0 Å². The fraction of sp³-hybridized carbons (Fsp3) is 0.321. The van der Waals surface area contributed by atoms with E-state index in [4.69, 9.17) is 0 Å². The number of rotatable bonds is 5. The Balaban J connectivity index is 1.25. The summed E-state index contributed by atoms with van der Waals surface area (Å²) in [6, 6.07) is 17.7. The zero-order valence-electron chi connectivity index (χ0n) is 19.9. The maximum Gasteiger partial charge on any atom is 0.259 e. The van der Waals surface area contributed by atoms with Gasteiger partial charge in [-0.25, -0.2) is 0 Å². The molecule has 1 N–H and O–H groups in total. The number of carbonyl (C=O) groups is 3. The average Bonchev–Trinajstić information content (AvgIpc) is 3.16. The predicted molar refractivity (Wildman–Crippen MR) is 139 cm³/mol. The molecule has 6 rings (SSSR count). The van der Waals surface area contributed by atoms with Crippen LogP contribution >= 0.6 is 0 Å². The molecule has 3 amide bonds. The van der Waals surface area contributed by atoms with Crippen molar-refractivity contribution < 1.29 is 18.9 Å². The van der Waals surface area contributed by atoms with E-state index in [2.05, 4.69) is 34.5 Å². The van der Waals surface area contributed by atoms with Crippen LogP contribution in [0.25, 0.3) is 10.8 Å². The number of amides is 3. The highest BCUT2D eigenvalue weighted by Gasteiger charge is 2.40. The molecule has 8 heteroatoms. The summed E-state index contributed by atoms with van der Waals surface area (Å²) < 4.78 is 11.6. The summed E-state index contributed by atoms with van der Waals surface area (Å²) >= 11 is -0.664. The largest absolute Gasteiger partial charge is 0.616 e. The summed E-state index contributed by atoms with van der Waals surface area (Å²) in [4.78, 5) is 41.4. The van der Waals surface area contributed by atoms with Gasteiger partial charge >= 0.3 is 0 Å². The molecule has 2 fully saturated rings. The van der Waals surface area contributed by atoms with Crippen LogP contribution in [-0.4, -0.2) is 57.8 Å². The van der Waals surface area contributed by atoms with Crippen LogP contribution in [0.4, 0.5) is 5.69 Å². The van der Waals surface area contributed by atoms with Gasteiger partial charge in [-0.2, -0.15) is 0 Å². The van der Waals surface area contributed by atoms with Crippen molar-refractivity contribution in [2.75, 3.05) is 29.5 Å². The van der Waals surface area contributed by atoms with Gasteiger partial charge in [0.05, 0.1) is 5.69 Å². The monoisotopic (exact) mass is 501 g/mol. The van der Waals surface area contributed by atoms with Crippen LogP contribution in [0, 0.1) is 0 Å². The Morgan fingerprint density at radius 3 is 2.44 bits per heavy atom. The summed E-state index contributed by atoms with van der Waals surface area (Å²) in [6.45, 7) is 2.63. The summed E-state index contributed by atoms with van der Waals surface area (Å²) in [5.74, 6) is 0.620. The maximum atomic E-state index is 13.3. The van der Waals surface area contributed by atoms with Gasteiger partial charge in [0.2, 0.25) is 11.8 Å². The number of nitrogens with one attached hydrogen (secondary N) is 1. The number of benzene rings is 3. The van der Waals surface area contributed by atoms with E-state index in [1.165, 1.54) is 11.1 Å². The van der Waals surface area contributed by atoms with Crippen LogP contribution in [0.1, 0.15) is 39.9 Å². The third kappa shape index (κ3) is 4.19. The molecule has 3 aromatic rings. The molecular weight excluding hydrogens is 474 g/mol. The van der Waals surface area contributed by atoms with Crippen molar-refractivity contribution in [3.63, 3.8) is 0 Å². The van der Waals surface area contributed by atoms with Crippen LogP contribution in [0.5, 0.6) is 0 Å². The van der Waals surface area contributed by atoms with Gasteiger partial charge in [-0.15, -0.1) is 0 Å². The number of hydrogen-bond acceptors (Lipinski definition) is 5. The molecule has 3 aliphatic rings. The molecule has 36 heavy (non-hydrogen) atoms. The number of carbonyl (C=O) groups excluding carboxylic acids is 3. The first kappa shape index (κ1) is 23.2. The third-order valence-corrected chi connectivity index (χ3v) is 8.71. The lowest BCUT2D eigenvalue weighted by atomic mass is 9.95. The van der Waals surface area contributed by atoms with Gasteiger partial charge in [-0.3, -0.25) is 29.5 Å². The first-order valence-electron chi connectivity index (χ1n) is 12.3. The van der Waals surface area contributed by atoms with Crippen molar-refractivity contribution in [2.45, 2.75) is 31.8 Å². The molecular formula is C28H27N3O4S. The fourth-order valence-electron chi connectivity index (χ4n) is 5.53. The summed E-state index contributed by atoms with van der Waals surface area (Å²) in [6.07, 6.45) is 1.29. The van der Waals surface area contributed by atoms with E-state index in [0.29, 0.717) is 12.0 Å². The number of nitrogens with zero attached hydrogens (tertiary/aromatic N) is 2. The van der Waals surface area contributed by atoms with Crippen molar-refractivity contribution in [1.29, 1.82) is 0 Å². The van der Waals surface area contributed by atoms with Gasteiger partial charge in [0, 0.05) is 37.0 Å². The van der Waals surface area contributed by atoms with Gasteiger partial charge in [0.1, 0.15) is 17.5 Å². The Morgan fingerprint density at radius 2 is 1.69 bits per heavy atom. The molecule has 0 aromatic heterocycles. The topological polar surface area (TPSA) is 92.8 Å². The Hall–Kier alpha value is -3.20. The molecule has 2 saturated heterocycles. The highest BCUT2D eigenvalue weighted by Crippen LogP contribution is 2.41. The molecule has 3 aliphatic heterocycles. The van der Waals surface area contributed by atoms with E-state index in [-0.39, 0.29) is 18.2 Å². The molecule has 1 atom stereocenters. The van der Waals surface area contributed by atoms with E-state index in [0.717, 1.165) is 59.6 Å². The SMILES string of the molecule is O=C1CCC(N2C(=O)c3cccc4c(Cc5ccc(CN6CC[S+]([O-])CC6)cc5)ccc2c34)C(=O)N1. The van der Waals surface area contributed by atoms with Crippen molar-refractivity contribution in [1.82, 2.24) is 10.2 Å². The minimum absolute atomic E-state index is 0.187. The van der Waals surface area contributed by atoms with E-state index in [1.807, 2.05) is 30.3 Å². The minimum atomic E-state index is -0.677. The standard InChI is InChI=1S/C28H27N3O4S/c32-25-11-10-24(27(33)29-25)31-23-9-8-20(21-2-1-3-22(26(21)23)28(31)34)16-18-4-6-19(7-5-18)17-30-12-14-36(35)15-13-30/h1-9,24H,10-17H2,(H,29,32,33). The van der Waals surface area contributed by atoms with Crippen LogP contribution < -0.4 is 10.2 Å². The molecule has 184 valence electrons. The second kappa shape index (κ2) is 9.35. The van der Waals surface area contributed by atoms with Gasteiger partial charge in [-0.1, -0.05) is 53.6 Å². The lowest BCUT2D eigenvalue weighted by Gasteiger charge is -2.30. The van der Waals surface area contributed by atoms with Gasteiger partial charge in [0.15, 0.2) is 0 Å². The van der Waals surface area contributed by atoms with E-state index < -0.39 is 23.1 Å². The lowest BCUT2D eigenvalue weighted by molar-refractivity contribution is -0.134. The molecule has 3 heterocycles. The molecule has 0 aliphatic carbocycles. The quantitative estimate of drug-likeness (QED) is 0.429. The van der Waals surface area contributed by atoms with Crippen molar-refractivity contribution >= 4 is 45.4 Å². The molecule has 0 bridgehead atoms. The second-order valence-corrected chi connectivity index (χ2v) is 11.4. The summed E-state index contributed by atoms with van der Waals surface area (Å²) in [5.41, 5.74) is 4.90. The fourth-order valence-corrected chi connectivity index (χ4v) is 6.66. The molecule has 0 radical (unpaired) electrons. The zero-order chi connectivity index (χ0) is 24.8. The lowest BCUT2D eigenvalue weighted by Crippen LogP contribution is -2.53. The van der Waals surface area contributed by atoms with Crippen LogP contribution in [0.3, 0.4) is 0 Å². The average molecular weight is 502 g/mol. The number of piperidine rings is 1. The predicted octanol–water partition coefficient (Wildman–Crippen LogP) is 2.76. The van der Waals surface area contributed by atoms with Gasteiger partial charge in [-0.05, 0) is 47.1 Å². The highest BCUT2D eigenvalue weighted by atomic mass is 32.2. The zero-order valence-corrected chi connectivity index (χ0v) is 20.7. The number of imide groups is 1. The number of anilines is 1. The Kier molecular flexibility index (Phi) is 6.03. The minimum Gasteiger partial charge on any atom is -0.616 e. The molecule has 0 spiro atoms. The maximum absolute atomic E-state index is 13.3. The van der Waals surface area contributed by atoms with Crippen LogP contribution in [0.15, 0.2) is 54.6 Å². The normalized spacial score (nSPS) is 20.9. The summed E-state index contributed by atoms with van der Waals surface area (Å²) in [7, 11) is 0. The first-order valence-corrected chi connectivity index (χ1v) is 13.8. The Morgan fingerprint density at radius 1 is 0.944 bits per heavy atom. The molecule has 1 unspecified atom stereocenters. The van der Waals surface area contributed by atoms with E-state index >= 15 is 0 Å². The Bertz CT molecular complexity index is 1370. The van der Waals surface area contributed by atoms with Gasteiger partial charge < -0.3 is 4.55 Å². The van der Waals surface area contributed by atoms with Crippen LogP contribution in [0.2, 0.25) is 0 Å². The summed E-state index contributed by atoms with van der Waals surface area (Å²) in [5, 5.41) is 4.26. The van der Waals surface area contributed by atoms with Gasteiger partial charge in [0.25, 0.3) is 5.91 Å². The molecule has 0 saturated carbocycles. The molecule has 3 aromatic carbocycles. The van der Waals surface area contributed by atoms with Crippen molar-refractivity contribution in [3.05, 3.63) is 76.9 Å². The Labute approximate surface area is 212 Å². The van der Waals surface area contributed by atoms with E-state index in [1.54, 1.807) is 4.90 Å². The smallest absolute Gasteiger partial charge is 0.259 e. The first-order chi connectivity index (χ1) is 17.5. The highest BCUT2D eigenvalue weighted by molar-refractivity contribution is 7.91. The van der Waals surface area contributed by atoms with E-state index in [9.17, 15) is 18.9 Å². The number of hydrogen-bond donors (Lipinski definition) is 1. The molecule has 7 nitrogen and oxygen atoms in total. The van der Waals surface area contributed by atoms with Crippen molar-refractivity contribution in [2.24, 2.45) is 0 Å². The second-order valence-electron chi connectivity index (χ2n) is 9.73.